The van der Waals surface area contributed by atoms with E-state index in [1.165, 1.54) is 35.5 Å². The Morgan fingerprint density at radius 1 is 0.933 bits per heavy atom. The fraction of sp³-hybridized carbons (Fsp3) is 0.364. The highest BCUT2D eigenvalue weighted by Crippen LogP contribution is 2.18. The van der Waals surface area contributed by atoms with Crippen LogP contribution in [-0.4, -0.2) is 49.1 Å². The second kappa shape index (κ2) is 10.4. The van der Waals surface area contributed by atoms with E-state index in [2.05, 4.69) is 5.32 Å². The zero-order valence-electron chi connectivity index (χ0n) is 17.9. The van der Waals surface area contributed by atoms with E-state index in [0.717, 1.165) is 5.56 Å². The number of sulfonamides is 1. The quantitative estimate of drug-likeness (QED) is 0.660. The van der Waals surface area contributed by atoms with Gasteiger partial charge in [0.1, 0.15) is 0 Å². The van der Waals surface area contributed by atoms with E-state index in [9.17, 15) is 18.0 Å². The van der Waals surface area contributed by atoms with Crippen molar-refractivity contribution in [2.75, 3.05) is 25.0 Å². The normalized spacial score (nSPS) is 11.4. The minimum atomic E-state index is -3.56. The molecule has 0 bridgehead atoms. The summed E-state index contributed by atoms with van der Waals surface area (Å²) in [5.41, 5.74) is 1.88. The summed E-state index contributed by atoms with van der Waals surface area (Å²) in [7, 11) is -3.56. The van der Waals surface area contributed by atoms with Crippen molar-refractivity contribution in [1.82, 2.24) is 9.21 Å². The molecule has 30 heavy (non-hydrogen) atoms. The molecule has 0 fully saturated rings. The van der Waals surface area contributed by atoms with Crippen molar-refractivity contribution in [2.45, 2.75) is 39.1 Å². The lowest BCUT2D eigenvalue weighted by atomic mass is 10.1. The number of amides is 2. The topological polar surface area (TPSA) is 86.8 Å². The van der Waals surface area contributed by atoms with Crippen molar-refractivity contribution in [2.24, 2.45) is 0 Å². The first-order chi connectivity index (χ1) is 14.2. The van der Waals surface area contributed by atoms with E-state index in [-0.39, 0.29) is 16.7 Å². The largest absolute Gasteiger partial charge is 0.339 e. The maximum Gasteiger partial charge on any atom is 0.255 e. The van der Waals surface area contributed by atoms with Gasteiger partial charge in [-0.15, -0.1) is 0 Å². The van der Waals surface area contributed by atoms with Gasteiger partial charge in [0.15, 0.2) is 0 Å². The van der Waals surface area contributed by atoms with Gasteiger partial charge in [0.25, 0.3) is 5.91 Å². The van der Waals surface area contributed by atoms with Gasteiger partial charge in [-0.05, 0) is 48.9 Å². The van der Waals surface area contributed by atoms with Gasteiger partial charge in [-0.2, -0.15) is 4.31 Å². The van der Waals surface area contributed by atoms with Crippen molar-refractivity contribution >= 4 is 27.5 Å². The van der Waals surface area contributed by atoms with Crippen LogP contribution in [0, 0.1) is 0 Å². The van der Waals surface area contributed by atoms with Gasteiger partial charge in [0.2, 0.25) is 15.9 Å². The minimum Gasteiger partial charge on any atom is -0.339 e. The predicted octanol–water partition coefficient (Wildman–Crippen LogP) is 3.34. The minimum absolute atomic E-state index is 0.00769. The van der Waals surface area contributed by atoms with Crippen molar-refractivity contribution in [3.8, 4) is 0 Å². The first-order valence-corrected chi connectivity index (χ1v) is 11.4. The lowest BCUT2D eigenvalue weighted by Crippen LogP contribution is -2.30. The van der Waals surface area contributed by atoms with Gasteiger partial charge in [-0.1, -0.05) is 26.0 Å². The zero-order chi connectivity index (χ0) is 22.3. The molecule has 8 heteroatoms. The molecular formula is C22H29N3O4S. The van der Waals surface area contributed by atoms with E-state index in [0.29, 0.717) is 37.4 Å². The molecule has 0 unspecified atom stereocenters. The molecule has 2 amide bonds. The highest BCUT2D eigenvalue weighted by atomic mass is 32.2. The Balaban J connectivity index is 2.13. The molecule has 1 N–H and O–H groups in total. The maximum absolute atomic E-state index is 12.6. The molecule has 0 saturated carbocycles. The molecule has 0 heterocycles. The molecule has 0 aliphatic rings. The van der Waals surface area contributed by atoms with Gasteiger partial charge >= 0.3 is 0 Å². The first-order valence-electron chi connectivity index (χ1n) is 9.98. The SMILES string of the molecule is CCN(Cc1cccc(NC(=O)c2ccc(S(=O)(=O)N(CC)CC)cc2)c1)C(C)=O. The van der Waals surface area contributed by atoms with Gasteiger partial charge in [-0.25, -0.2) is 8.42 Å². The second-order valence-electron chi connectivity index (χ2n) is 6.80. The number of rotatable bonds is 9. The molecule has 2 aromatic carbocycles. The third-order valence-corrected chi connectivity index (χ3v) is 6.91. The van der Waals surface area contributed by atoms with Crippen LogP contribution in [-0.2, 0) is 21.4 Å². The van der Waals surface area contributed by atoms with Gasteiger partial charge < -0.3 is 10.2 Å². The Bertz CT molecular complexity index is 984. The van der Waals surface area contributed by atoms with Crippen molar-refractivity contribution in [3.63, 3.8) is 0 Å². The predicted molar refractivity (Wildman–Crippen MR) is 118 cm³/mol. The van der Waals surface area contributed by atoms with Crippen LogP contribution in [0.1, 0.15) is 43.6 Å². The lowest BCUT2D eigenvalue weighted by Gasteiger charge is -2.19. The summed E-state index contributed by atoms with van der Waals surface area (Å²) in [5.74, 6) is -0.343. The number of hydrogen-bond donors (Lipinski definition) is 1. The van der Waals surface area contributed by atoms with Gasteiger partial charge in [0.05, 0.1) is 4.90 Å². The summed E-state index contributed by atoms with van der Waals surface area (Å²) in [6, 6.07) is 13.2. The second-order valence-corrected chi connectivity index (χ2v) is 8.74. The Kier molecular flexibility index (Phi) is 8.14. The molecule has 0 aromatic heterocycles. The number of benzene rings is 2. The average molecular weight is 432 g/mol. The van der Waals surface area contributed by atoms with Gasteiger partial charge in [0, 0.05) is 44.4 Å². The summed E-state index contributed by atoms with van der Waals surface area (Å²) in [5, 5.41) is 2.82. The number of nitrogens with zero attached hydrogens (tertiary/aromatic N) is 2. The lowest BCUT2D eigenvalue weighted by molar-refractivity contribution is -0.129. The van der Waals surface area contributed by atoms with Crippen molar-refractivity contribution in [3.05, 3.63) is 59.7 Å². The van der Waals surface area contributed by atoms with Crippen LogP contribution in [0.2, 0.25) is 0 Å². The Morgan fingerprint density at radius 3 is 2.10 bits per heavy atom. The summed E-state index contributed by atoms with van der Waals surface area (Å²) in [4.78, 5) is 26.1. The third kappa shape index (κ3) is 5.67. The molecule has 2 rings (SSSR count). The average Bonchev–Trinajstić information content (AvgIpc) is 2.72. The molecule has 7 nitrogen and oxygen atoms in total. The molecule has 0 atom stereocenters. The molecule has 0 saturated heterocycles. The molecule has 2 aromatic rings. The molecule has 0 aliphatic carbocycles. The van der Waals surface area contributed by atoms with E-state index in [1.54, 1.807) is 24.8 Å². The number of anilines is 1. The van der Waals surface area contributed by atoms with Crippen LogP contribution in [0.3, 0.4) is 0 Å². The molecule has 162 valence electrons. The van der Waals surface area contributed by atoms with Crippen LogP contribution in [0.4, 0.5) is 5.69 Å². The standard InChI is InChI=1S/C22H29N3O4S/c1-5-24(17(4)26)16-18-9-8-10-20(15-18)23-22(27)19-11-13-21(14-12-19)30(28,29)25(6-2)7-3/h8-15H,5-7,16H2,1-4H3,(H,23,27). The van der Waals surface area contributed by atoms with Crippen LogP contribution in [0.25, 0.3) is 0 Å². The molecular weight excluding hydrogens is 402 g/mol. The van der Waals surface area contributed by atoms with E-state index < -0.39 is 10.0 Å². The maximum atomic E-state index is 12.6. The molecule has 0 radical (unpaired) electrons. The third-order valence-electron chi connectivity index (χ3n) is 4.85. The summed E-state index contributed by atoms with van der Waals surface area (Å²) in [6.07, 6.45) is 0. The smallest absolute Gasteiger partial charge is 0.255 e. The van der Waals surface area contributed by atoms with E-state index in [4.69, 9.17) is 0 Å². The highest BCUT2D eigenvalue weighted by Gasteiger charge is 2.21. The number of hydrogen-bond acceptors (Lipinski definition) is 4. The van der Waals surface area contributed by atoms with Gasteiger partial charge in [-0.3, -0.25) is 9.59 Å². The highest BCUT2D eigenvalue weighted by molar-refractivity contribution is 7.89. The van der Waals surface area contributed by atoms with E-state index >= 15 is 0 Å². The Labute approximate surface area is 178 Å². The monoisotopic (exact) mass is 431 g/mol. The van der Waals surface area contributed by atoms with Crippen LogP contribution < -0.4 is 5.32 Å². The summed E-state index contributed by atoms with van der Waals surface area (Å²) in [6.45, 7) is 8.85. The fourth-order valence-electron chi connectivity index (χ4n) is 3.11. The number of carbonyl (C=O) groups is 2. The van der Waals surface area contributed by atoms with Crippen molar-refractivity contribution in [1.29, 1.82) is 0 Å². The van der Waals surface area contributed by atoms with E-state index in [1.807, 2.05) is 25.1 Å². The number of nitrogens with one attached hydrogen (secondary N) is 1. The zero-order valence-corrected chi connectivity index (χ0v) is 18.7. The van der Waals surface area contributed by atoms with Crippen molar-refractivity contribution < 1.29 is 18.0 Å². The fourth-order valence-corrected chi connectivity index (χ4v) is 4.57. The summed E-state index contributed by atoms with van der Waals surface area (Å²) >= 11 is 0. The van der Waals surface area contributed by atoms with Crippen LogP contribution >= 0.6 is 0 Å². The first kappa shape index (κ1) is 23.6. The summed E-state index contributed by atoms with van der Waals surface area (Å²) < 4.78 is 26.5. The Hall–Kier alpha value is -2.71. The van der Waals surface area contributed by atoms with Crippen LogP contribution in [0.5, 0.6) is 0 Å². The van der Waals surface area contributed by atoms with Crippen LogP contribution in [0.15, 0.2) is 53.4 Å². The molecule has 0 aliphatic heterocycles. The molecule has 0 spiro atoms. The Morgan fingerprint density at radius 2 is 1.57 bits per heavy atom. The number of carbonyl (C=O) groups excluding carboxylic acids is 2.